The van der Waals surface area contributed by atoms with Crippen LogP contribution in [0.5, 0.6) is 0 Å². The Morgan fingerprint density at radius 1 is 1.00 bits per heavy atom. The SMILES string of the molecule is Cc1c(C)c(C)c(COC(=O)c2ccccc2N[N+]#N)c(C)c1C. The van der Waals surface area contributed by atoms with Crippen molar-refractivity contribution in [2.24, 2.45) is 0 Å². The number of hydrogen-bond donors (Lipinski definition) is 1. The zero-order chi connectivity index (χ0) is 17.9. The highest BCUT2D eigenvalue weighted by Crippen LogP contribution is 2.27. The number of carbonyl (C=O) groups excluding carboxylic acids is 1. The van der Waals surface area contributed by atoms with Crippen molar-refractivity contribution < 1.29 is 9.53 Å². The summed E-state index contributed by atoms with van der Waals surface area (Å²) in [7, 11) is 0. The number of ether oxygens (including phenoxy) is 1. The number of esters is 1. The molecule has 0 bridgehead atoms. The van der Waals surface area contributed by atoms with Crippen molar-refractivity contribution >= 4 is 11.7 Å². The maximum absolute atomic E-state index is 12.4. The molecule has 0 saturated carbocycles. The van der Waals surface area contributed by atoms with Gasteiger partial charge >= 0.3 is 11.1 Å². The average Bonchev–Trinajstić information content (AvgIpc) is 2.59. The second kappa shape index (κ2) is 7.14. The van der Waals surface area contributed by atoms with Crippen LogP contribution < -0.4 is 5.43 Å². The second-order valence-corrected chi connectivity index (χ2v) is 5.94. The molecule has 0 aromatic heterocycles. The van der Waals surface area contributed by atoms with Crippen LogP contribution >= 0.6 is 0 Å². The van der Waals surface area contributed by atoms with E-state index in [0.717, 1.165) is 16.7 Å². The Morgan fingerprint density at radius 3 is 2.12 bits per heavy atom. The molecule has 1 N–H and O–H groups in total. The van der Waals surface area contributed by atoms with Gasteiger partial charge in [-0.05, 0) is 85.6 Å². The Hall–Kier alpha value is -2.87. The summed E-state index contributed by atoms with van der Waals surface area (Å²) >= 11 is 0. The molecular weight excluding hydrogens is 302 g/mol. The first-order valence-electron chi connectivity index (χ1n) is 7.80. The zero-order valence-corrected chi connectivity index (χ0v) is 14.7. The minimum atomic E-state index is -0.462. The van der Waals surface area contributed by atoms with Gasteiger partial charge in [-0.15, -0.1) is 0 Å². The van der Waals surface area contributed by atoms with Crippen molar-refractivity contribution in [1.29, 1.82) is 5.39 Å². The van der Waals surface area contributed by atoms with E-state index in [1.54, 1.807) is 24.3 Å². The first-order valence-corrected chi connectivity index (χ1v) is 7.80. The van der Waals surface area contributed by atoms with Crippen molar-refractivity contribution in [2.75, 3.05) is 5.43 Å². The molecule has 2 aromatic carbocycles. The van der Waals surface area contributed by atoms with E-state index in [9.17, 15) is 4.79 Å². The van der Waals surface area contributed by atoms with E-state index in [4.69, 9.17) is 10.1 Å². The number of anilines is 1. The molecule has 5 heteroatoms. The lowest BCUT2D eigenvalue weighted by atomic mass is 9.90. The smallest absolute Gasteiger partial charge is 0.340 e. The minimum absolute atomic E-state index is 0.211. The number of nitrogens with zero attached hydrogens (tertiary/aromatic N) is 2. The Morgan fingerprint density at radius 2 is 1.54 bits per heavy atom. The van der Waals surface area contributed by atoms with E-state index in [-0.39, 0.29) is 6.61 Å². The monoisotopic (exact) mass is 324 g/mol. The van der Waals surface area contributed by atoms with Gasteiger partial charge < -0.3 is 4.74 Å². The first kappa shape index (κ1) is 17.5. The molecule has 5 nitrogen and oxygen atoms in total. The lowest BCUT2D eigenvalue weighted by molar-refractivity contribution is 0.0472. The molecule has 0 unspecified atom stereocenters. The van der Waals surface area contributed by atoms with Gasteiger partial charge in [-0.3, -0.25) is 0 Å². The molecule has 124 valence electrons. The largest absolute Gasteiger partial charge is 0.457 e. The molecule has 0 atom stereocenters. The number of para-hydroxylation sites is 1. The molecule has 0 aliphatic rings. The van der Waals surface area contributed by atoms with Gasteiger partial charge in [0, 0.05) is 0 Å². The van der Waals surface area contributed by atoms with Gasteiger partial charge in [0.05, 0.1) is 5.56 Å². The summed E-state index contributed by atoms with van der Waals surface area (Å²) in [5, 5.41) is 11.5. The van der Waals surface area contributed by atoms with E-state index in [2.05, 4.69) is 45.1 Å². The summed E-state index contributed by atoms with van der Waals surface area (Å²) in [5.41, 5.74) is 10.2. The molecule has 2 aromatic rings. The van der Waals surface area contributed by atoms with Crippen molar-refractivity contribution in [3.05, 3.63) is 68.3 Å². The molecule has 0 saturated heterocycles. The van der Waals surface area contributed by atoms with E-state index >= 15 is 0 Å². The highest BCUT2D eigenvalue weighted by Gasteiger charge is 2.18. The third-order valence-corrected chi connectivity index (χ3v) is 4.82. The van der Waals surface area contributed by atoms with Crippen LogP contribution in [0.25, 0.3) is 5.08 Å². The Labute approximate surface area is 142 Å². The van der Waals surface area contributed by atoms with E-state index in [1.165, 1.54) is 16.7 Å². The topological polar surface area (TPSA) is 66.5 Å². The van der Waals surface area contributed by atoms with Crippen LogP contribution in [-0.4, -0.2) is 5.97 Å². The summed E-state index contributed by atoms with van der Waals surface area (Å²) < 4.78 is 5.51. The van der Waals surface area contributed by atoms with Gasteiger partial charge in [0.2, 0.25) is 0 Å². The fraction of sp³-hybridized carbons (Fsp3) is 0.316. The fourth-order valence-electron chi connectivity index (χ4n) is 2.82. The lowest BCUT2D eigenvalue weighted by Crippen LogP contribution is -2.10. The number of hydrogen-bond acceptors (Lipinski definition) is 4. The van der Waals surface area contributed by atoms with Crippen molar-refractivity contribution in [2.45, 2.75) is 41.2 Å². The maximum atomic E-state index is 12.4. The highest BCUT2D eigenvalue weighted by molar-refractivity contribution is 5.95. The summed E-state index contributed by atoms with van der Waals surface area (Å²) in [6.45, 7) is 10.6. The number of diazo groups is 1. The van der Waals surface area contributed by atoms with Gasteiger partial charge in [-0.25, -0.2) is 4.79 Å². The number of carbonyl (C=O) groups is 1. The van der Waals surface area contributed by atoms with E-state index in [1.807, 2.05) is 0 Å². The standard InChI is InChI=1S/C19H21N3O2/c1-11-12(2)14(4)17(15(5)13(11)3)10-24-19(23)16-8-6-7-9-18(16)21-22-20/h6-9H,10H2,1-5H3/p+1. The Bertz CT molecular complexity index is 806. The molecule has 0 heterocycles. The maximum Gasteiger partial charge on any atom is 0.340 e. The summed E-state index contributed by atoms with van der Waals surface area (Å²) in [5.74, 6) is -0.462. The van der Waals surface area contributed by atoms with Gasteiger partial charge in [-0.2, -0.15) is 0 Å². The zero-order valence-electron chi connectivity index (χ0n) is 14.7. The van der Waals surface area contributed by atoms with Crippen LogP contribution in [0.2, 0.25) is 0 Å². The summed E-state index contributed by atoms with van der Waals surface area (Å²) in [4.78, 5) is 12.4. The van der Waals surface area contributed by atoms with Crippen LogP contribution in [0.1, 0.15) is 43.7 Å². The van der Waals surface area contributed by atoms with Crippen molar-refractivity contribution in [1.82, 2.24) is 0 Å². The van der Waals surface area contributed by atoms with Gasteiger partial charge in [0.25, 0.3) is 5.39 Å². The number of nitrogens with one attached hydrogen (secondary N) is 1. The van der Waals surface area contributed by atoms with Gasteiger partial charge in [0.1, 0.15) is 12.3 Å². The van der Waals surface area contributed by atoms with Gasteiger partial charge in [0.15, 0.2) is 0 Å². The minimum Gasteiger partial charge on any atom is -0.457 e. The molecule has 2 rings (SSSR count). The summed E-state index contributed by atoms with van der Waals surface area (Å²) in [6.07, 6.45) is 0. The first-order chi connectivity index (χ1) is 11.4. The molecule has 0 spiro atoms. The average molecular weight is 324 g/mol. The van der Waals surface area contributed by atoms with Gasteiger partial charge in [-0.1, -0.05) is 12.1 Å². The molecule has 0 fully saturated rings. The molecule has 0 amide bonds. The molecule has 0 radical (unpaired) electrons. The third kappa shape index (κ3) is 3.23. The van der Waals surface area contributed by atoms with Crippen LogP contribution in [0.4, 0.5) is 5.69 Å². The number of rotatable bonds is 4. The molecule has 24 heavy (non-hydrogen) atoms. The van der Waals surface area contributed by atoms with Crippen LogP contribution in [0.3, 0.4) is 0 Å². The quantitative estimate of drug-likeness (QED) is 0.500. The van der Waals surface area contributed by atoms with Crippen LogP contribution in [0, 0.1) is 40.0 Å². The Balaban J connectivity index is 2.27. The molecule has 0 aliphatic carbocycles. The van der Waals surface area contributed by atoms with Crippen LogP contribution in [-0.2, 0) is 11.3 Å². The second-order valence-electron chi connectivity index (χ2n) is 5.94. The highest BCUT2D eigenvalue weighted by atomic mass is 16.5. The number of benzene rings is 2. The lowest BCUT2D eigenvalue weighted by Gasteiger charge is -2.18. The van der Waals surface area contributed by atoms with Crippen molar-refractivity contribution in [3.8, 4) is 0 Å². The predicted octanol–water partition coefficient (Wildman–Crippen LogP) is 4.77. The summed E-state index contributed by atoms with van der Waals surface area (Å²) in [6, 6.07) is 6.75. The van der Waals surface area contributed by atoms with Crippen molar-refractivity contribution in [3.63, 3.8) is 0 Å². The van der Waals surface area contributed by atoms with E-state index in [0.29, 0.717) is 11.3 Å². The Kier molecular flexibility index (Phi) is 5.20. The molecule has 0 aliphatic heterocycles. The van der Waals surface area contributed by atoms with E-state index < -0.39 is 5.97 Å². The molecular formula is C19H22N3O2+. The normalized spacial score (nSPS) is 10.2. The predicted molar refractivity (Wildman–Crippen MR) is 94.4 cm³/mol. The van der Waals surface area contributed by atoms with Crippen LogP contribution in [0.15, 0.2) is 24.3 Å². The third-order valence-electron chi connectivity index (χ3n) is 4.82. The fourth-order valence-corrected chi connectivity index (χ4v) is 2.82.